The van der Waals surface area contributed by atoms with Crippen LogP contribution in [0.2, 0.25) is 0 Å². The van der Waals surface area contributed by atoms with Crippen LogP contribution in [0, 0.1) is 11.2 Å². The van der Waals surface area contributed by atoms with E-state index in [9.17, 15) is 14.0 Å². The molecule has 9 nitrogen and oxygen atoms in total. The van der Waals surface area contributed by atoms with Crippen LogP contribution in [0.4, 0.5) is 20.6 Å². The Hall–Kier alpha value is -3.92. The van der Waals surface area contributed by atoms with E-state index in [1.807, 2.05) is 12.1 Å². The highest BCUT2D eigenvalue weighted by atomic mass is 19.1. The molecule has 0 radical (unpaired) electrons. The van der Waals surface area contributed by atoms with E-state index in [1.54, 1.807) is 36.5 Å². The molecule has 2 amide bonds. The molecule has 4 heterocycles. The molecule has 0 bridgehead atoms. The molecule has 2 fully saturated rings. The Morgan fingerprint density at radius 3 is 2.46 bits per heavy atom. The highest BCUT2D eigenvalue weighted by molar-refractivity contribution is 6.01. The lowest BCUT2D eigenvalue weighted by atomic mass is 9.71. The standard InChI is InChI=1S/C31H37FN6O3/c1-35-13-9-31(10-14-35)11-15-37(16-12-31)25-7-8-28-27(18-25)36(2)29(39)26(21-41-28)34-30(40)38-20-23(19-33-38)17-22-3-5-24(32)6-4-22/h3-8,18-20,26H,9-17,21H2,1-2H3,(H,34,40)/t26-/m0/s1. The summed E-state index contributed by atoms with van der Waals surface area (Å²) in [4.78, 5) is 32.8. The Morgan fingerprint density at radius 2 is 1.73 bits per heavy atom. The molecule has 3 aliphatic heterocycles. The number of aromatic nitrogens is 2. The number of fused-ring (bicyclic) bond motifs is 1. The molecule has 2 aromatic carbocycles. The van der Waals surface area contributed by atoms with E-state index in [0.717, 1.165) is 29.9 Å². The van der Waals surface area contributed by atoms with Crippen LogP contribution in [0.15, 0.2) is 54.9 Å². The van der Waals surface area contributed by atoms with E-state index >= 15 is 0 Å². The Labute approximate surface area is 239 Å². The van der Waals surface area contributed by atoms with Crippen LogP contribution in [-0.4, -0.2) is 79.5 Å². The lowest BCUT2D eigenvalue weighted by Gasteiger charge is -2.47. The number of rotatable bonds is 4. The molecular formula is C31H37FN6O3. The molecule has 10 heteroatoms. The number of nitrogens with zero attached hydrogens (tertiary/aromatic N) is 5. The largest absolute Gasteiger partial charge is 0.489 e. The van der Waals surface area contributed by atoms with Gasteiger partial charge in [0.1, 0.15) is 24.2 Å². The number of hydrogen-bond donors (Lipinski definition) is 1. The van der Waals surface area contributed by atoms with Gasteiger partial charge in [-0.2, -0.15) is 9.78 Å². The number of carbonyl (C=O) groups excluding carboxylic acids is 2. The zero-order valence-corrected chi connectivity index (χ0v) is 23.7. The molecule has 6 rings (SSSR count). The van der Waals surface area contributed by atoms with Crippen molar-refractivity contribution >= 4 is 23.3 Å². The van der Waals surface area contributed by atoms with Gasteiger partial charge in [-0.3, -0.25) is 4.79 Å². The summed E-state index contributed by atoms with van der Waals surface area (Å²) in [5.74, 6) is 0.0672. The van der Waals surface area contributed by atoms with Crippen LogP contribution in [0.25, 0.3) is 0 Å². The average Bonchev–Trinajstić information content (AvgIpc) is 3.42. The van der Waals surface area contributed by atoms with Gasteiger partial charge < -0.3 is 24.8 Å². The third-order valence-electron chi connectivity index (χ3n) is 9.04. The number of benzene rings is 2. The summed E-state index contributed by atoms with van der Waals surface area (Å²) in [6, 6.07) is 10.8. The number of nitrogens with one attached hydrogen (secondary N) is 1. The van der Waals surface area contributed by atoms with Crippen molar-refractivity contribution < 1.29 is 18.7 Å². The van der Waals surface area contributed by atoms with E-state index in [4.69, 9.17) is 4.74 Å². The summed E-state index contributed by atoms with van der Waals surface area (Å²) in [5, 5.41) is 6.93. The number of amides is 2. The molecular weight excluding hydrogens is 523 g/mol. The maximum atomic E-state index is 13.4. The van der Waals surface area contributed by atoms with Crippen molar-refractivity contribution in [2.24, 2.45) is 5.41 Å². The van der Waals surface area contributed by atoms with E-state index < -0.39 is 12.1 Å². The lowest BCUT2D eigenvalue weighted by Crippen LogP contribution is -2.50. The first-order chi connectivity index (χ1) is 19.8. The maximum Gasteiger partial charge on any atom is 0.342 e. The lowest BCUT2D eigenvalue weighted by molar-refractivity contribution is -0.120. The van der Waals surface area contributed by atoms with Crippen LogP contribution in [0.1, 0.15) is 36.8 Å². The van der Waals surface area contributed by atoms with Crippen LogP contribution in [-0.2, 0) is 11.2 Å². The first-order valence-corrected chi connectivity index (χ1v) is 14.4. The first kappa shape index (κ1) is 27.3. The molecule has 2 saturated heterocycles. The minimum absolute atomic E-state index is 0.0195. The summed E-state index contributed by atoms with van der Waals surface area (Å²) >= 11 is 0. The number of likely N-dealkylation sites (tertiary alicyclic amines) is 1. The number of piperidine rings is 2. The summed E-state index contributed by atoms with van der Waals surface area (Å²) in [7, 11) is 3.93. The second-order valence-corrected chi connectivity index (χ2v) is 11.7. The fourth-order valence-electron chi connectivity index (χ4n) is 6.23. The molecule has 1 aromatic heterocycles. The zero-order chi connectivity index (χ0) is 28.6. The average molecular weight is 561 g/mol. The second kappa shape index (κ2) is 11.2. The molecule has 0 saturated carbocycles. The van der Waals surface area contributed by atoms with Crippen molar-refractivity contribution in [3.05, 3.63) is 71.8 Å². The predicted octanol–water partition coefficient (Wildman–Crippen LogP) is 3.91. The van der Waals surface area contributed by atoms with E-state index in [0.29, 0.717) is 23.3 Å². The van der Waals surface area contributed by atoms with Gasteiger partial charge in [-0.05, 0) is 92.7 Å². The first-order valence-electron chi connectivity index (χ1n) is 14.4. The monoisotopic (exact) mass is 560 g/mol. The topological polar surface area (TPSA) is 82.9 Å². The number of halogens is 1. The van der Waals surface area contributed by atoms with E-state index in [-0.39, 0.29) is 18.3 Å². The number of hydrogen-bond acceptors (Lipinski definition) is 6. The van der Waals surface area contributed by atoms with Crippen molar-refractivity contribution in [2.45, 2.75) is 38.1 Å². The molecule has 1 spiro atoms. The Kier molecular flexibility index (Phi) is 7.42. The summed E-state index contributed by atoms with van der Waals surface area (Å²) in [6.45, 7) is 4.39. The molecule has 216 valence electrons. The minimum atomic E-state index is -0.868. The summed E-state index contributed by atoms with van der Waals surface area (Å²) in [5.41, 5.74) is 3.95. The zero-order valence-electron chi connectivity index (χ0n) is 23.7. The van der Waals surface area contributed by atoms with Gasteiger partial charge in [0.2, 0.25) is 0 Å². The van der Waals surface area contributed by atoms with Crippen molar-refractivity contribution in [1.82, 2.24) is 20.0 Å². The van der Waals surface area contributed by atoms with Crippen molar-refractivity contribution in [3.8, 4) is 5.75 Å². The minimum Gasteiger partial charge on any atom is -0.489 e. The van der Waals surface area contributed by atoms with Gasteiger partial charge >= 0.3 is 6.03 Å². The third kappa shape index (κ3) is 5.79. The number of likely N-dealkylation sites (N-methyl/N-ethyl adjacent to an activating group) is 1. The molecule has 3 aromatic rings. The predicted molar refractivity (Wildman–Crippen MR) is 155 cm³/mol. The molecule has 41 heavy (non-hydrogen) atoms. The fourth-order valence-corrected chi connectivity index (χ4v) is 6.23. The number of carbonyl (C=O) groups is 2. The normalized spacial score (nSPS) is 20.9. The smallest absolute Gasteiger partial charge is 0.342 e. The highest BCUT2D eigenvalue weighted by Crippen LogP contribution is 2.43. The van der Waals surface area contributed by atoms with Gasteiger partial charge in [0.05, 0.1) is 11.9 Å². The van der Waals surface area contributed by atoms with Gasteiger partial charge in [0.25, 0.3) is 5.91 Å². The van der Waals surface area contributed by atoms with Gasteiger partial charge in [-0.1, -0.05) is 12.1 Å². The SMILES string of the molecule is CN1CCC2(CC1)CCN(c1ccc3c(c1)N(C)C(=O)[C@@H](NC(=O)n1cc(Cc4ccc(F)cc4)cn1)CO3)CC2. The van der Waals surface area contributed by atoms with Crippen LogP contribution >= 0.6 is 0 Å². The second-order valence-electron chi connectivity index (χ2n) is 11.7. The van der Waals surface area contributed by atoms with Crippen molar-refractivity contribution in [2.75, 3.05) is 56.7 Å². The summed E-state index contributed by atoms with van der Waals surface area (Å²) in [6.07, 6.45) is 8.63. The summed E-state index contributed by atoms with van der Waals surface area (Å²) < 4.78 is 20.4. The van der Waals surface area contributed by atoms with E-state index in [1.165, 1.54) is 55.6 Å². The number of ether oxygens (including phenoxy) is 1. The van der Waals surface area contributed by atoms with Gasteiger partial charge in [-0.15, -0.1) is 0 Å². The maximum absolute atomic E-state index is 13.4. The quantitative estimate of drug-likeness (QED) is 0.521. The third-order valence-corrected chi connectivity index (χ3v) is 9.04. The number of anilines is 2. The molecule has 0 unspecified atom stereocenters. The van der Waals surface area contributed by atoms with Crippen LogP contribution in [0.5, 0.6) is 5.75 Å². The van der Waals surface area contributed by atoms with Crippen LogP contribution in [0.3, 0.4) is 0 Å². The Morgan fingerprint density at radius 1 is 1.02 bits per heavy atom. The van der Waals surface area contributed by atoms with Crippen LogP contribution < -0.4 is 19.9 Å². The fraction of sp³-hybridized carbons (Fsp3) is 0.452. The van der Waals surface area contributed by atoms with E-state index in [2.05, 4.69) is 33.3 Å². The molecule has 0 aliphatic carbocycles. The molecule has 3 aliphatic rings. The Balaban J connectivity index is 1.09. The van der Waals surface area contributed by atoms with Crippen molar-refractivity contribution in [1.29, 1.82) is 0 Å². The van der Waals surface area contributed by atoms with Gasteiger partial charge in [0, 0.05) is 38.4 Å². The van der Waals surface area contributed by atoms with Gasteiger partial charge in [-0.25, -0.2) is 9.18 Å². The molecule has 1 N–H and O–H groups in total. The molecule has 1 atom stereocenters. The Bertz CT molecular complexity index is 1410. The van der Waals surface area contributed by atoms with Crippen molar-refractivity contribution in [3.63, 3.8) is 0 Å². The highest BCUT2D eigenvalue weighted by Gasteiger charge is 2.37. The van der Waals surface area contributed by atoms with Gasteiger partial charge in [0.15, 0.2) is 0 Å².